The number of piperidine rings is 1. The second-order valence-electron chi connectivity index (χ2n) is 11.4. The third-order valence-electron chi connectivity index (χ3n) is 7.85. The Bertz CT molecular complexity index is 1260. The zero-order valence-electron chi connectivity index (χ0n) is 21.7. The average molecular weight is 566 g/mol. The molecule has 2 aliphatic heterocycles. The maximum atomic E-state index is 14.1. The molecule has 3 heterocycles. The van der Waals surface area contributed by atoms with Crippen molar-refractivity contribution in [1.29, 1.82) is 5.26 Å². The highest BCUT2D eigenvalue weighted by Crippen LogP contribution is 2.52. The van der Waals surface area contributed by atoms with Crippen molar-refractivity contribution in [3.8, 4) is 6.07 Å². The molecular weight excluding hydrogens is 532 g/mol. The fourth-order valence-electron chi connectivity index (χ4n) is 6.02. The van der Waals surface area contributed by atoms with Crippen LogP contribution in [0.4, 0.5) is 16.3 Å². The van der Waals surface area contributed by atoms with Gasteiger partial charge in [-0.25, -0.2) is 9.78 Å². The van der Waals surface area contributed by atoms with E-state index in [2.05, 4.69) is 34.1 Å². The van der Waals surface area contributed by atoms with Crippen LogP contribution in [0.2, 0.25) is 0 Å². The number of carbonyl (C=O) groups is 2. The highest BCUT2D eigenvalue weighted by Gasteiger charge is 2.53. The molecule has 1 aromatic heterocycles. The van der Waals surface area contributed by atoms with Crippen LogP contribution in [0.25, 0.3) is 0 Å². The zero-order chi connectivity index (χ0) is 26.4. The Morgan fingerprint density at radius 1 is 1.14 bits per heavy atom. The Balaban J connectivity index is 1.48. The standard InChI is InChI=1S/C29H33BrN4O3/c1-28(2,3)37-27(36)33-16-12-19(13-17-33)23-11-10-21-25(32-23)34(24-9-7-8-22(30)20(24)18-31)26(35)29(21)14-5-4-6-15-29/h7-11,19H,4-6,12-17H2,1-3H3. The third kappa shape index (κ3) is 4.63. The second-order valence-corrected chi connectivity index (χ2v) is 12.2. The summed E-state index contributed by atoms with van der Waals surface area (Å²) in [5.41, 5.74) is 1.84. The van der Waals surface area contributed by atoms with Crippen molar-refractivity contribution in [2.75, 3.05) is 18.0 Å². The molecule has 0 atom stereocenters. The molecule has 1 spiro atoms. The summed E-state index contributed by atoms with van der Waals surface area (Å²) in [4.78, 5) is 35.2. The number of carbonyl (C=O) groups excluding carboxylic acids is 2. The van der Waals surface area contributed by atoms with Crippen LogP contribution in [0.1, 0.15) is 88.5 Å². The Hall–Kier alpha value is -2.92. The minimum atomic E-state index is -0.575. The molecule has 1 saturated heterocycles. The molecule has 37 heavy (non-hydrogen) atoms. The summed E-state index contributed by atoms with van der Waals surface area (Å²) in [6, 6.07) is 12.0. The van der Waals surface area contributed by atoms with Crippen molar-refractivity contribution in [3.05, 3.63) is 51.6 Å². The maximum Gasteiger partial charge on any atom is 0.410 e. The summed E-state index contributed by atoms with van der Waals surface area (Å²) in [6.07, 6.45) is 6.05. The number of aromatic nitrogens is 1. The first-order chi connectivity index (χ1) is 17.6. The number of nitriles is 1. The molecule has 1 aliphatic carbocycles. The molecular formula is C29H33BrN4O3. The van der Waals surface area contributed by atoms with Gasteiger partial charge in [-0.3, -0.25) is 9.69 Å². The Morgan fingerprint density at radius 3 is 2.49 bits per heavy atom. The summed E-state index contributed by atoms with van der Waals surface area (Å²) < 4.78 is 6.21. The number of anilines is 2. The van der Waals surface area contributed by atoms with Gasteiger partial charge in [-0.1, -0.05) is 31.4 Å². The number of likely N-dealkylation sites (tertiary alicyclic amines) is 1. The first kappa shape index (κ1) is 25.7. The highest BCUT2D eigenvalue weighted by atomic mass is 79.9. The molecule has 7 nitrogen and oxygen atoms in total. The Labute approximate surface area is 226 Å². The van der Waals surface area contributed by atoms with Crippen LogP contribution < -0.4 is 4.90 Å². The van der Waals surface area contributed by atoms with E-state index in [1.54, 1.807) is 9.80 Å². The number of hydrogen-bond donors (Lipinski definition) is 0. The van der Waals surface area contributed by atoms with Crippen molar-refractivity contribution in [2.45, 2.75) is 82.7 Å². The number of amides is 2. The Morgan fingerprint density at radius 2 is 1.84 bits per heavy atom. The molecule has 8 heteroatoms. The lowest BCUT2D eigenvalue weighted by molar-refractivity contribution is -0.123. The average Bonchev–Trinajstić information content (AvgIpc) is 3.10. The van der Waals surface area contributed by atoms with Gasteiger partial charge in [0.2, 0.25) is 5.91 Å². The Kier molecular flexibility index (Phi) is 6.78. The molecule has 2 fully saturated rings. The quantitative estimate of drug-likeness (QED) is 0.404. The molecule has 0 N–H and O–H groups in total. The zero-order valence-corrected chi connectivity index (χ0v) is 23.3. The topological polar surface area (TPSA) is 86.5 Å². The first-order valence-corrected chi connectivity index (χ1v) is 14.0. The smallest absolute Gasteiger partial charge is 0.410 e. The second kappa shape index (κ2) is 9.75. The molecule has 0 radical (unpaired) electrons. The van der Waals surface area contributed by atoms with Gasteiger partial charge < -0.3 is 9.64 Å². The monoisotopic (exact) mass is 564 g/mol. The number of pyridine rings is 1. The number of fused-ring (bicyclic) bond motifs is 2. The minimum Gasteiger partial charge on any atom is -0.444 e. The van der Waals surface area contributed by atoms with Gasteiger partial charge in [-0.2, -0.15) is 5.26 Å². The van der Waals surface area contributed by atoms with E-state index >= 15 is 0 Å². The van der Waals surface area contributed by atoms with Gasteiger partial charge in [0.1, 0.15) is 17.5 Å². The first-order valence-electron chi connectivity index (χ1n) is 13.2. The van der Waals surface area contributed by atoms with Crippen LogP contribution >= 0.6 is 15.9 Å². The van der Waals surface area contributed by atoms with Crippen LogP contribution in [-0.2, 0) is 14.9 Å². The number of halogens is 1. The van der Waals surface area contributed by atoms with E-state index in [9.17, 15) is 14.9 Å². The van der Waals surface area contributed by atoms with Crippen LogP contribution in [0.15, 0.2) is 34.8 Å². The van der Waals surface area contributed by atoms with E-state index in [0.717, 1.165) is 56.2 Å². The molecule has 0 unspecified atom stereocenters. The van der Waals surface area contributed by atoms with E-state index in [1.165, 1.54) is 0 Å². The van der Waals surface area contributed by atoms with E-state index in [0.29, 0.717) is 34.6 Å². The van der Waals surface area contributed by atoms with Gasteiger partial charge in [0.05, 0.1) is 16.7 Å². The predicted molar refractivity (Wildman–Crippen MR) is 145 cm³/mol. The number of hydrogen-bond acceptors (Lipinski definition) is 5. The molecule has 1 saturated carbocycles. The van der Waals surface area contributed by atoms with Gasteiger partial charge in [-0.15, -0.1) is 0 Å². The number of rotatable bonds is 2. The van der Waals surface area contributed by atoms with Gasteiger partial charge in [0, 0.05) is 34.7 Å². The number of nitrogens with zero attached hydrogens (tertiary/aromatic N) is 4. The fourth-order valence-corrected chi connectivity index (χ4v) is 6.46. The minimum absolute atomic E-state index is 0.0289. The van der Waals surface area contributed by atoms with E-state index in [4.69, 9.17) is 9.72 Å². The van der Waals surface area contributed by atoms with E-state index < -0.39 is 11.0 Å². The van der Waals surface area contributed by atoms with Crippen molar-refractivity contribution in [1.82, 2.24) is 9.88 Å². The fraction of sp³-hybridized carbons (Fsp3) is 0.517. The van der Waals surface area contributed by atoms with Crippen LogP contribution in [0, 0.1) is 11.3 Å². The summed E-state index contributed by atoms with van der Waals surface area (Å²) in [5, 5.41) is 9.91. The van der Waals surface area contributed by atoms with Gasteiger partial charge >= 0.3 is 6.09 Å². The van der Waals surface area contributed by atoms with Gasteiger partial charge in [0.25, 0.3) is 0 Å². The molecule has 0 bridgehead atoms. The van der Waals surface area contributed by atoms with Gasteiger partial charge in [0.15, 0.2) is 0 Å². The van der Waals surface area contributed by atoms with Crippen LogP contribution in [-0.4, -0.2) is 40.6 Å². The highest BCUT2D eigenvalue weighted by molar-refractivity contribution is 9.10. The lowest BCUT2D eigenvalue weighted by Crippen LogP contribution is -2.41. The summed E-state index contributed by atoms with van der Waals surface area (Å²) in [6.45, 7) is 6.84. The lowest BCUT2D eigenvalue weighted by atomic mass is 9.70. The number of ether oxygens (including phenoxy) is 1. The van der Waals surface area contributed by atoms with Crippen molar-refractivity contribution in [3.63, 3.8) is 0 Å². The van der Waals surface area contributed by atoms with Crippen molar-refractivity contribution < 1.29 is 14.3 Å². The van der Waals surface area contributed by atoms with E-state index in [-0.39, 0.29) is 17.9 Å². The van der Waals surface area contributed by atoms with E-state index in [1.807, 2.05) is 39.0 Å². The normalized spacial score (nSPS) is 19.6. The lowest BCUT2D eigenvalue weighted by Gasteiger charge is -2.33. The molecule has 2 amide bonds. The molecule has 5 rings (SSSR count). The summed E-state index contributed by atoms with van der Waals surface area (Å²) in [5.74, 6) is 0.872. The molecule has 1 aromatic carbocycles. The maximum absolute atomic E-state index is 14.1. The van der Waals surface area contributed by atoms with Gasteiger partial charge in [-0.05, 0) is 80.6 Å². The third-order valence-corrected chi connectivity index (χ3v) is 8.51. The van der Waals surface area contributed by atoms with Crippen molar-refractivity contribution >= 4 is 39.4 Å². The molecule has 2 aromatic rings. The van der Waals surface area contributed by atoms with Crippen LogP contribution in [0.3, 0.4) is 0 Å². The van der Waals surface area contributed by atoms with Crippen LogP contribution in [0.5, 0.6) is 0 Å². The SMILES string of the molecule is CC(C)(C)OC(=O)N1CCC(c2ccc3c(n2)N(c2cccc(Br)c2C#N)C(=O)C32CCCCC2)CC1. The predicted octanol–water partition coefficient (Wildman–Crippen LogP) is 6.71. The van der Waals surface area contributed by atoms with Crippen molar-refractivity contribution in [2.24, 2.45) is 0 Å². The summed E-state index contributed by atoms with van der Waals surface area (Å²) >= 11 is 3.49. The number of benzene rings is 1. The molecule has 194 valence electrons. The summed E-state index contributed by atoms with van der Waals surface area (Å²) in [7, 11) is 0. The molecule has 3 aliphatic rings. The largest absolute Gasteiger partial charge is 0.444 e.